The Morgan fingerprint density at radius 1 is 1.26 bits per heavy atom. The maximum atomic E-state index is 11.9. The van der Waals surface area contributed by atoms with E-state index in [4.69, 9.17) is 5.73 Å². The predicted octanol–water partition coefficient (Wildman–Crippen LogP) is 2.23. The number of benzene rings is 1. The van der Waals surface area contributed by atoms with Crippen molar-refractivity contribution < 1.29 is 21.6 Å². The predicted molar refractivity (Wildman–Crippen MR) is 67.0 cm³/mol. The van der Waals surface area contributed by atoms with Crippen molar-refractivity contribution in [2.75, 3.05) is 10.5 Å². The number of hydrogen-bond donors (Lipinski definition) is 2. The van der Waals surface area contributed by atoms with E-state index in [1.165, 1.54) is 6.07 Å². The van der Waals surface area contributed by atoms with Gasteiger partial charge in [-0.1, -0.05) is 12.1 Å². The molecule has 0 aromatic heterocycles. The summed E-state index contributed by atoms with van der Waals surface area (Å²) in [7, 11) is -3.77. The van der Waals surface area contributed by atoms with Crippen LogP contribution in [0.15, 0.2) is 24.3 Å². The normalized spacial score (nSPS) is 12.4. The first kappa shape index (κ1) is 15.8. The minimum atomic E-state index is -4.34. The third kappa shape index (κ3) is 6.44. The van der Waals surface area contributed by atoms with Crippen LogP contribution in [0.5, 0.6) is 0 Å². The van der Waals surface area contributed by atoms with Crippen LogP contribution in [-0.4, -0.2) is 20.3 Å². The lowest BCUT2D eigenvalue weighted by atomic mass is 10.2. The van der Waals surface area contributed by atoms with Crippen molar-refractivity contribution >= 4 is 15.7 Å². The van der Waals surface area contributed by atoms with E-state index in [1.54, 1.807) is 18.2 Å². The molecule has 0 fully saturated rings. The fourth-order valence-electron chi connectivity index (χ4n) is 1.46. The first-order chi connectivity index (χ1) is 8.72. The molecule has 0 aliphatic carbocycles. The van der Waals surface area contributed by atoms with Crippen molar-refractivity contribution in [1.82, 2.24) is 0 Å². The van der Waals surface area contributed by atoms with E-state index in [9.17, 15) is 21.6 Å². The highest BCUT2D eigenvalue weighted by Gasteiger charge is 2.27. The lowest BCUT2D eigenvalue weighted by molar-refractivity contribution is -0.134. The molecule has 1 rings (SSSR count). The van der Waals surface area contributed by atoms with E-state index >= 15 is 0 Å². The number of alkyl halides is 3. The second-order valence-electron chi connectivity index (χ2n) is 4.04. The molecule has 0 bridgehead atoms. The van der Waals surface area contributed by atoms with Gasteiger partial charge in [0, 0.05) is 18.7 Å². The zero-order valence-electron chi connectivity index (χ0n) is 10.1. The molecule has 0 heterocycles. The van der Waals surface area contributed by atoms with Gasteiger partial charge in [-0.15, -0.1) is 0 Å². The quantitative estimate of drug-likeness (QED) is 0.845. The third-order valence-corrected chi connectivity index (χ3v) is 3.68. The highest BCUT2D eigenvalue weighted by molar-refractivity contribution is 7.92. The fraction of sp³-hybridized carbons (Fsp3) is 0.455. The zero-order chi connectivity index (χ0) is 14.5. The summed E-state index contributed by atoms with van der Waals surface area (Å²) >= 11 is 0. The van der Waals surface area contributed by atoms with Crippen molar-refractivity contribution in [3.05, 3.63) is 29.8 Å². The number of rotatable bonds is 6. The van der Waals surface area contributed by atoms with E-state index in [1.807, 2.05) is 0 Å². The van der Waals surface area contributed by atoms with Crippen LogP contribution < -0.4 is 10.5 Å². The van der Waals surface area contributed by atoms with Crippen LogP contribution in [0.4, 0.5) is 18.9 Å². The van der Waals surface area contributed by atoms with E-state index in [0.717, 1.165) is 5.56 Å². The molecule has 19 heavy (non-hydrogen) atoms. The molecule has 1 aromatic rings. The molecule has 4 nitrogen and oxygen atoms in total. The summed E-state index contributed by atoms with van der Waals surface area (Å²) in [5, 5.41) is 0. The molecule has 0 aliphatic heterocycles. The second kappa shape index (κ2) is 6.25. The Hall–Kier alpha value is -1.28. The van der Waals surface area contributed by atoms with Gasteiger partial charge in [-0.3, -0.25) is 4.72 Å². The third-order valence-electron chi connectivity index (χ3n) is 2.31. The number of anilines is 1. The van der Waals surface area contributed by atoms with Crippen LogP contribution in [0, 0.1) is 0 Å². The molecular formula is C11H15F3N2O2S. The van der Waals surface area contributed by atoms with Gasteiger partial charge in [0.2, 0.25) is 10.0 Å². The monoisotopic (exact) mass is 296 g/mol. The molecule has 108 valence electrons. The van der Waals surface area contributed by atoms with Crippen molar-refractivity contribution in [3.63, 3.8) is 0 Å². The van der Waals surface area contributed by atoms with Gasteiger partial charge in [-0.25, -0.2) is 8.42 Å². The van der Waals surface area contributed by atoms with Crippen molar-refractivity contribution in [3.8, 4) is 0 Å². The summed E-state index contributed by atoms with van der Waals surface area (Å²) in [5.74, 6) is -0.570. The molecule has 1 aromatic carbocycles. The highest BCUT2D eigenvalue weighted by atomic mass is 32.2. The summed E-state index contributed by atoms with van der Waals surface area (Å²) < 4.78 is 61.2. The summed E-state index contributed by atoms with van der Waals surface area (Å²) in [6.45, 7) is 0.254. The van der Waals surface area contributed by atoms with Gasteiger partial charge in [0.15, 0.2) is 0 Å². The Labute approximate surface area is 109 Å². The number of halogens is 3. The largest absolute Gasteiger partial charge is 0.389 e. The maximum absolute atomic E-state index is 11.9. The molecule has 0 atom stereocenters. The lowest BCUT2D eigenvalue weighted by Gasteiger charge is -2.10. The molecule has 0 unspecified atom stereocenters. The molecule has 0 saturated heterocycles. The minimum Gasteiger partial charge on any atom is -0.326 e. The lowest BCUT2D eigenvalue weighted by Crippen LogP contribution is -2.19. The van der Waals surface area contributed by atoms with E-state index in [2.05, 4.69) is 4.72 Å². The van der Waals surface area contributed by atoms with Crippen LogP contribution in [-0.2, 0) is 16.6 Å². The van der Waals surface area contributed by atoms with Gasteiger partial charge in [0.25, 0.3) is 0 Å². The molecular weight excluding hydrogens is 281 g/mol. The number of nitrogens with two attached hydrogens (primary N) is 1. The summed E-state index contributed by atoms with van der Waals surface area (Å²) in [6, 6.07) is 6.40. The van der Waals surface area contributed by atoms with Gasteiger partial charge < -0.3 is 5.73 Å². The molecule has 0 amide bonds. The van der Waals surface area contributed by atoms with Crippen molar-refractivity contribution in [2.24, 2.45) is 5.73 Å². The van der Waals surface area contributed by atoms with Crippen LogP contribution in [0.2, 0.25) is 0 Å². The molecule has 0 aliphatic rings. The van der Waals surface area contributed by atoms with Gasteiger partial charge in [-0.05, 0) is 24.1 Å². The second-order valence-corrected chi connectivity index (χ2v) is 5.89. The Balaban J connectivity index is 2.59. The van der Waals surface area contributed by atoms with Gasteiger partial charge in [-0.2, -0.15) is 13.2 Å². The van der Waals surface area contributed by atoms with E-state index in [0.29, 0.717) is 5.69 Å². The first-order valence-electron chi connectivity index (χ1n) is 5.58. The summed E-state index contributed by atoms with van der Waals surface area (Å²) in [6.07, 6.45) is -5.92. The Morgan fingerprint density at radius 2 is 1.95 bits per heavy atom. The standard InChI is InChI=1S/C11H15F3N2O2S/c12-11(13,14)5-2-6-19(17,18)16-10-4-1-3-9(7-10)8-15/h1,3-4,7,16H,2,5-6,8,15H2. The zero-order valence-corrected chi connectivity index (χ0v) is 10.9. The van der Waals surface area contributed by atoms with Crippen molar-refractivity contribution in [2.45, 2.75) is 25.6 Å². The molecule has 8 heteroatoms. The number of sulfonamides is 1. The van der Waals surface area contributed by atoms with E-state index in [-0.39, 0.29) is 6.54 Å². The maximum Gasteiger partial charge on any atom is 0.389 e. The first-order valence-corrected chi connectivity index (χ1v) is 7.23. The Kier molecular flexibility index (Phi) is 5.19. The topological polar surface area (TPSA) is 72.2 Å². The highest BCUT2D eigenvalue weighted by Crippen LogP contribution is 2.22. The number of nitrogens with one attached hydrogen (secondary N) is 1. The van der Waals surface area contributed by atoms with Crippen molar-refractivity contribution in [1.29, 1.82) is 0 Å². The minimum absolute atomic E-state index is 0.254. The number of hydrogen-bond acceptors (Lipinski definition) is 3. The van der Waals surface area contributed by atoms with Crippen LogP contribution in [0.25, 0.3) is 0 Å². The SMILES string of the molecule is NCc1cccc(NS(=O)(=O)CCCC(F)(F)F)c1. The fourth-order valence-corrected chi connectivity index (χ4v) is 2.57. The van der Waals surface area contributed by atoms with Gasteiger partial charge in [0.05, 0.1) is 5.75 Å². The van der Waals surface area contributed by atoms with Gasteiger partial charge >= 0.3 is 6.18 Å². The molecule has 3 N–H and O–H groups in total. The molecule has 0 saturated carbocycles. The summed E-state index contributed by atoms with van der Waals surface area (Å²) in [4.78, 5) is 0. The Bertz CT molecular complexity index is 515. The van der Waals surface area contributed by atoms with Crippen LogP contribution in [0.3, 0.4) is 0 Å². The average molecular weight is 296 g/mol. The van der Waals surface area contributed by atoms with Crippen LogP contribution >= 0.6 is 0 Å². The molecule has 0 radical (unpaired) electrons. The Morgan fingerprint density at radius 3 is 2.53 bits per heavy atom. The summed E-state index contributed by atoms with van der Waals surface area (Å²) in [5.41, 5.74) is 6.44. The molecule has 0 spiro atoms. The average Bonchev–Trinajstić information content (AvgIpc) is 2.26. The van der Waals surface area contributed by atoms with Gasteiger partial charge in [0.1, 0.15) is 0 Å². The van der Waals surface area contributed by atoms with Crippen LogP contribution in [0.1, 0.15) is 18.4 Å². The smallest absolute Gasteiger partial charge is 0.326 e. The van der Waals surface area contributed by atoms with E-state index < -0.39 is 34.8 Å².